The zero-order valence-corrected chi connectivity index (χ0v) is 19.2. The Bertz CT molecular complexity index is 1210. The van der Waals surface area contributed by atoms with Crippen molar-refractivity contribution in [2.24, 2.45) is 5.92 Å². The number of aromatic nitrogens is 3. The Morgan fingerprint density at radius 1 is 1.12 bits per heavy atom. The van der Waals surface area contributed by atoms with Crippen molar-refractivity contribution in [2.75, 3.05) is 29.9 Å². The molecule has 1 fully saturated rings. The van der Waals surface area contributed by atoms with Crippen LogP contribution in [0.2, 0.25) is 0 Å². The van der Waals surface area contributed by atoms with Gasteiger partial charge in [0.1, 0.15) is 11.9 Å². The van der Waals surface area contributed by atoms with E-state index in [0.29, 0.717) is 43.3 Å². The summed E-state index contributed by atoms with van der Waals surface area (Å²) in [6.45, 7) is 4.61. The Morgan fingerprint density at radius 2 is 1.79 bits per heavy atom. The van der Waals surface area contributed by atoms with Crippen LogP contribution in [0.4, 0.5) is 11.8 Å². The first-order valence-corrected chi connectivity index (χ1v) is 11.2. The molecule has 174 valence electrons. The summed E-state index contributed by atoms with van der Waals surface area (Å²) in [6, 6.07) is 13.4. The molecule has 1 aliphatic rings. The summed E-state index contributed by atoms with van der Waals surface area (Å²) in [5.74, 6) is -0.139. The number of esters is 1. The second-order valence-corrected chi connectivity index (χ2v) is 8.18. The van der Waals surface area contributed by atoms with E-state index in [4.69, 9.17) is 4.74 Å². The molecule has 1 saturated heterocycles. The fourth-order valence-electron chi connectivity index (χ4n) is 4.15. The van der Waals surface area contributed by atoms with Crippen molar-refractivity contribution in [2.45, 2.75) is 26.7 Å². The lowest BCUT2D eigenvalue weighted by Crippen LogP contribution is -2.38. The number of anilines is 2. The molecule has 0 atom stereocenters. The Morgan fingerprint density at radius 3 is 2.44 bits per heavy atom. The van der Waals surface area contributed by atoms with Crippen molar-refractivity contribution < 1.29 is 14.3 Å². The van der Waals surface area contributed by atoms with Gasteiger partial charge in [-0.1, -0.05) is 18.2 Å². The molecule has 1 aliphatic heterocycles. The second kappa shape index (κ2) is 10.2. The van der Waals surface area contributed by atoms with Crippen LogP contribution in [-0.4, -0.2) is 46.1 Å². The van der Waals surface area contributed by atoms with E-state index in [0.717, 1.165) is 16.9 Å². The molecule has 3 heterocycles. The highest BCUT2D eigenvalue weighted by atomic mass is 16.5. The first-order valence-electron chi connectivity index (χ1n) is 11.2. The molecule has 1 N–H and O–H groups in total. The highest BCUT2D eigenvalue weighted by Crippen LogP contribution is 2.30. The number of hydrogen-bond donors (Lipinski definition) is 1. The number of amides is 1. The number of piperidine rings is 1. The minimum atomic E-state index is -0.491. The number of carbonyl (C=O) groups excluding carboxylic acids is 2. The van der Waals surface area contributed by atoms with Gasteiger partial charge in [-0.25, -0.2) is 9.97 Å². The number of nitrogens with zero attached hydrogens (tertiary/aromatic N) is 5. The lowest BCUT2D eigenvalue weighted by Gasteiger charge is -2.30. The quantitative estimate of drug-likeness (QED) is 0.565. The summed E-state index contributed by atoms with van der Waals surface area (Å²) in [5.41, 5.74) is 2.85. The number of ether oxygens (including phenoxy) is 1. The van der Waals surface area contributed by atoms with Gasteiger partial charge < -0.3 is 15.0 Å². The maximum absolute atomic E-state index is 12.7. The molecule has 34 heavy (non-hydrogen) atoms. The van der Waals surface area contributed by atoms with E-state index in [-0.39, 0.29) is 5.92 Å². The molecule has 0 saturated carbocycles. The third-order valence-electron chi connectivity index (χ3n) is 6.11. The Hall–Kier alpha value is -4.19. The molecule has 4 rings (SSSR count). The zero-order chi connectivity index (χ0) is 24.1. The van der Waals surface area contributed by atoms with Crippen LogP contribution in [0.25, 0.3) is 5.69 Å². The van der Waals surface area contributed by atoms with Crippen molar-refractivity contribution in [1.82, 2.24) is 14.5 Å². The molecule has 0 spiro atoms. The van der Waals surface area contributed by atoms with Crippen molar-refractivity contribution >= 4 is 23.6 Å². The summed E-state index contributed by atoms with van der Waals surface area (Å²) in [4.78, 5) is 35.7. The first kappa shape index (κ1) is 23.0. The number of nitriles is 1. The molecule has 0 bridgehead atoms. The Labute approximate surface area is 198 Å². The number of nitrogens with one attached hydrogen (secondary N) is 1. The first-order chi connectivity index (χ1) is 16.5. The second-order valence-electron chi connectivity index (χ2n) is 8.18. The summed E-state index contributed by atoms with van der Waals surface area (Å²) < 4.78 is 7.15. The Balaban J connectivity index is 1.37. The van der Waals surface area contributed by atoms with Crippen molar-refractivity contribution in [3.8, 4) is 11.8 Å². The number of carbonyl (C=O) groups is 2. The highest BCUT2D eigenvalue weighted by Gasteiger charge is 2.28. The van der Waals surface area contributed by atoms with Gasteiger partial charge in [-0.3, -0.25) is 14.2 Å². The van der Waals surface area contributed by atoms with E-state index >= 15 is 0 Å². The third-order valence-corrected chi connectivity index (χ3v) is 6.11. The fourth-order valence-corrected chi connectivity index (χ4v) is 4.15. The summed E-state index contributed by atoms with van der Waals surface area (Å²) in [5, 5.41) is 12.5. The van der Waals surface area contributed by atoms with Crippen LogP contribution in [0.3, 0.4) is 0 Å². The predicted molar refractivity (Wildman–Crippen MR) is 127 cm³/mol. The molecule has 0 unspecified atom stereocenters. The van der Waals surface area contributed by atoms with Crippen molar-refractivity contribution in [1.29, 1.82) is 5.26 Å². The molecule has 9 nitrogen and oxygen atoms in total. The zero-order valence-electron chi connectivity index (χ0n) is 19.2. The van der Waals surface area contributed by atoms with Gasteiger partial charge in [0.25, 0.3) is 5.91 Å². The van der Waals surface area contributed by atoms with Gasteiger partial charge in [0, 0.05) is 36.9 Å². The predicted octanol–water partition coefficient (Wildman–Crippen LogP) is 3.15. The maximum atomic E-state index is 12.7. The topological polar surface area (TPSA) is 113 Å². The number of benzene rings is 1. The molecule has 0 radical (unpaired) electrons. The maximum Gasteiger partial charge on any atom is 0.309 e. The molecule has 0 aliphatic carbocycles. The smallest absolute Gasteiger partial charge is 0.309 e. The average molecular weight is 459 g/mol. The van der Waals surface area contributed by atoms with Crippen molar-refractivity contribution in [3.63, 3.8) is 0 Å². The number of hydrogen-bond acceptors (Lipinski definition) is 7. The van der Waals surface area contributed by atoms with Gasteiger partial charge in [-0.2, -0.15) is 5.26 Å². The number of rotatable bonds is 6. The molecule has 2 aromatic heterocycles. The molecular formula is C25H26N6O3. The van der Waals surface area contributed by atoms with Crippen LogP contribution < -0.4 is 10.2 Å². The van der Waals surface area contributed by atoms with Gasteiger partial charge in [-0.15, -0.1) is 0 Å². The van der Waals surface area contributed by atoms with Gasteiger partial charge in [-0.05, 0) is 50.5 Å². The standard InChI is InChI=1S/C25H26N6O3/c1-17-18(2)31(20-7-4-3-5-8-20)23(21(17)15-26)29-22(32)16-34-24(33)19-9-13-30(14-10-19)25-27-11-6-12-28-25/h3-8,11-12,19H,9-10,13-14,16H2,1-2H3,(H,29,32). The highest BCUT2D eigenvalue weighted by molar-refractivity contribution is 5.94. The largest absolute Gasteiger partial charge is 0.455 e. The van der Waals surface area contributed by atoms with E-state index in [2.05, 4.69) is 21.4 Å². The van der Waals surface area contributed by atoms with Crippen LogP contribution in [0, 0.1) is 31.1 Å². The molecular weight excluding hydrogens is 432 g/mol. The fraction of sp³-hybridized carbons (Fsp3) is 0.320. The van der Waals surface area contributed by atoms with Gasteiger partial charge in [0.2, 0.25) is 5.95 Å². The molecule has 1 aromatic carbocycles. The van der Waals surface area contributed by atoms with E-state index in [1.54, 1.807) is 18.5 Å². The van der Waals surface area contributed by atoms with Crippen LogP contribution in [-0.2, 0) is 14.3 Å². The van der Waals surface area contributed by atoms with Gasteiger partial charge in [0.15, 0.2) is 6.61 Å². The minimum absolute atomic E-state index is 0.278. The number of para-hydroxylation sites is 1. The molecule has 1 amide bonds. The monoisotopic (exact) mass is 458 g/mol. The average Bonchev–Trinajstić information content (AvgIpc) is 3.12. The van der Waals surface area contributed by atoms with Gasteiger partial charge >= 0.3 is 5.97 Å². The lowest BCUT2D eigenvalue weighted by molar-refractivity contribution is -0.152. The van der Waals surface area contributed by atoms with E-state index in [1.165, 1.54) is 0 Å². The Kier molecular flexibility index (Phi) is 6.87. The molecule has 9 heteroatoms. The van der Waals surface area contributed by atoms with Crippen LogP contribution in [0.5, 0.6) is 0 Å². The normalized spacial score (nSPS) is 13.9. The van der Waals surface area contributed by atoms with Crippen LogP contribution in [0.1, 0.15) is 29.7 Å². The van der Waals surface area contributed by atoms with E-state index in [9.17, 15) is 14.9 Å². The lowest BCUT2D eigenvalue weighted by atomic mass is 9.97. The van der Waals surface area contributed by atoms with E-state index in [1.807, 2.05) is 53.6 Å². The van der Waals surface area contributed by atoms with Crippen LogP contribution >= 0.6 is 0 Å². The summed E-state index contributed by atoms with van der Waals surface area (Å²) in [7, 11) is 0. The van der Waals surface area contributed by atoms with Gasteiger partial charge in [0.05, 0.1) is 11.5 Å². The van der Waals surface area contributed by atoms with Crippen molar-refractivity contribution in [3.05, 3.63) is 65.6 Å². The SMILES string of the molecule is Cc1c(C#N)c(NC(=O)COC(=O)C2CCN(c3ncccn3)CC2)n(-c2ccccc2)c1C. The summed E-state index contributed by atoms with van der Waals surface area (Å²) >= 11 is 0. The third kappa shape index (κ3) is 4.76. The minimum Gasteiger partial charge on any atom is -0.455 e. The van der Waals surface area contributed by atoms with Crippen LogP contribution in [0.15, 0.2) is 48.8 Å². The molecule has 3 aromatic rings. The van der Waals surface area contributed by atoms with E-state index < -0.39 is 18.5 Å². The summed E-state index contributed by atoms with van der Waals surface area (Å²) in [6.07, 6.45) is 4.59.